The van der Waals surface area contributed by atoms with Gasteiger partial charge in [-0.1, -0.05) is 12.1 Å². The molecule has 0 fully saturated rings. The number of hydrogen-bond acceptors (Lipinski definition) is 3. The van der Waals surface area contributed by atoms with E-state index in [9.17, 15) is 9.59 Å². The van der Waals surface area contributed by atoms with Crippen molar-refractivity contribution in [2.24, 2.45) is 0 Å². The Morgan fingerprint density at radius 3 is 2.39 bits per heavy atom. The predicted octanol–water partition coefficient (Wildman–Crippen LogP) is 1.37. The van der Waals surface area contributed by atoms with E-state index in [1.807, 2.05) is 18.4 Å². The van der Waals surface area contributed by atoms with Gasteiger partial charge in [0.25, 0.3) is 5.91 Å². The van der Waals surface area contributed by atoms with Gasteiger partial charge < -0.3 is 10.2 Å². The second kappa shape index (κ2) is 7.06. The maximum Gasteiger partial charge on any atom is 0.251 e. The van der Waals surface area contributed by atoms with Gasteiger partial charge >= 0.3 is 0 Å². The number of amides is 2. The van der Waals surface area contributed by atoms with E-state index in [0.29, 0.717) is 17.9 Å². The molecule has 0 aliphatic heterocycles. The van der Waals surface area contributed by atoms with Gasteiger partial charge in [-0.25, -0.2) is 0 Å². The molecule has 0 atom stereocenters. The highest BCUT2D eigenvalue weighted by atomic mass is 32.2. The molecule has 1 rings (SSSR count). The zero-order chi connectivity index (χ0) is 13.5. The van der Waals surface area contributed by atoms with Crippen LogP contribution in [0.15, 0.2) is 24.3 Å². The summed E-state index contributed by atoms with van der Waals surface area (Å²) in [6.07, 6.45) is 1.91. The number of carbonyl (C=O) groups is 2. The van der Waals surface area contributed by atoms with Gasteiger partial charge in [0.2, 0.25) is 5.91 Å². The summed E-state index contributed by atoms with van der Waals surface area (Å²) in [5.41, 5.74) is 1.64. The molecule has 2 amide bonds. The van der Waals surface area contributed by atoms with Crippen LogP contribution < -0.4 is 5.32 Å². The Kier molecular flexibility index (Phi) is 5.71. The quantitative estimate of drug-likeness (QED) is 0.875. The molecule has 1 aromatic carbocycles. The molecule has 0 unspecified atom stereocenters. The fourth-order valence-corrected chi connectivity index (χ4v) is 1.97. The Labute approximate surface area is 112 Å². The Bertz CT molecular complexity index is 418. The molecule has 5 heteroatoms. The molecule has 0 aliphatic carbocycles. The minimum absolute atomic E-state index is 0.103. The van der Waals surface area contributed by atoms with Crippen LogP contribution in [0.4, 0.5) is 0 Å². The lowest BCUT2D eigenvalue weighted by molar-refractivity contribution is -0.127. The van der Waals surface area contributed by atoms with E-state index in [0.717, 1.165) is 5.56 Å². The second-order valence-electron chi connectivity index (χ2n) is 3.96. The standard InChI is InChI=1S/C13H18N2O2S/c1-14-13(17)11-6-4-10(5-7-11)8-15(2)12(16)9-18-3/h4-7H,8-9H2,1-3H3,(H,14,17). The predicted molar refractivity (Wildman–Crippen MR) is 74.7 cm³/mol. The highest BCUT2D eigenvalue weighted by Gasteiger charge is 2.09. The van der Waals surface area contributed by atoms with Crippen molar-refractivity contribution in [1.82, 2.24) is 10.2 Å². The summed E-state index contributed by atoms with van der Waals surface area (Å²) in [4.78, 5) is 24.7. The largest absolute Gasteiger partial charge is 0.355 e. The molecule has 0 aliphatic rings. The Morgan fingerprint density at radius 1 is 1.28 bits per heavy atom. The Hall–Kier alpha value is -1.49. The van der Waals surface area contributed by atoms with Crippen molar-refractivity contribution in [3.8, 4) is 0 Å². The fourth-order valence-electron chi connectivity index (χ4n) is 1.50. The highest BCUT2D eigenvalue weighted by Crippen LogP contribution is 2.08. The van der Waals surface area contributed by atoms with E-state index in [1.165, 1.54) is 11.8 Å². The summed E-state index contributed by atoms with van der Waals surface area (Å²) in [6, 6.07) is 7.27. The summed E-state index contributed by atoms with van der Waals surface area (Å²) in [6.45, 7) is 0.563. The van der Waals surface area contributed by atoms with Crippen LogP contribution in [0.2, 0.25) is 0 Å². The molecule has 0 heterocycles. The molecule has 1 aromatic rings. The lowest BCUT2D eigenvalue weighted by Gasteiger charge is -2.16. The summed E-state index contributed by atoms with van der Waals surface area (Å²) in [5.74, 6) is 0.499. The third-order valence-corrected chi connectivity index (χ3v) is 3.09. The molecule has 0 aromatic heterocycles. The number of hydrogen-bond donors (Lipinski definition) is 1. The number of carbonyl (C=O) groups excluding carboxylic acids is 2. The average molecular weight is 266 g/mol. The molecule has 0 radical (unpaired) electrons. The molecule has 4 nitrogen and oxygen atoms in total. The summed E-state index contributed by atoms with van der Waals surface area (Å²) in [5, 5.41) is 2.57. The number of benzene rings is 1. The number of thioether (sulfide) groups is 1. The smallest absolute Gasteiger partial charge is 0.251 e. The normalized spacial score (nSPS) is 9.94. The van der Waals surface area contributed by atoms with Crippen molar-refractivity contribution in [3.05, 3.63) is 35.4 Å². The minimum atomic E-state index is -0.103. The molecule has 98 valence electrons. The summed E-state index contributed by atoms with van der Waals surface area (Å²) in [7, 11) is 3.39. The minimum Gasteiger partial charge on any atom is -0.355 e. The molecular formula is C13H18N2O2S. The van der Waals surface area contributed by atoms with Crippen LogP contribution >= 0.6 is 11.8 Å². The topological polar surface area (TPSA) is 49.4 Å². The maximum absolute atomic E-state index is 11.6. The maximum atomic E-state index is 11.6. The van der Waals surface area contributed by atoms with Crippen LogP contribution in [0.5, 0.6) is 0 Å². The van der Waals surface area contributed by atoms with Crippen LogP contribution in [-0.2, 0) is 11.3 Å². The lowest BCUT2D eigenvalue weighted by Crippen LogP contribution is -2.27. The molecule has 1 N–H and O–H groups in total. The van der Waals surface area contributed by atoms with Crippen molar-refractivity contribution < 1.29 is 9.59 Å². The van der Waals surface area contributed by atoms with E-state index in [2.05, 4.69) is 5.32 Å². The average Bonchev–Trinajstić information content (AvgIpc) is 2.39. The first-order chi connectivity index (χ1) is 8.58. The van der Waals surface area contributed by atoms with Gasteiger partial charge in [0.1, 0.15) is 0 Å². The van der Waals surface area contributed by atoms with Crippen molar-refractivity contribution in [2.75, 3.05) is 26.1 Å². The van der Waals surface area contributed by atoms with E-state index in [1.54, 1.807) is 31.1 Å². The summed E-state index contributed by atoms with van der Waals surface area (Å²) >= 11 is 1.51. The van der Waals surface area contributed by atoms with Gasteiger partial charge in [0, 0.05) is 26.2 Å². The SMILES string of the molecule is CNC(=O)c1ccc(CN(C)C(=O)CSC)cc1. The van der Waals surface area contributed by atoms with E-state index >= 15 is 0 Å². The first kappa shape index (κ1) is 14.6. The first-order valence-corrected chi connectivity index (χ1v) is 7.01. The Balaban J connectivity index is 2.63. The lowest BCUT2D eigenvalue weighted by atomic mass is 10.1. The van der Waals surface area contributed by atoms with E-state index < -0.39 is 0 Å². The monoisotopic (exact) mass is 266 g/mol. The van der Waals surface area contributed by atoms with Gasteiger partial charge in [0.05, 0.1) is 5.75 Å². The van der Waals surface area contributed by atoms with Crippen LogP contribution in [0.3, 0.4) is 0 Å². The van der Waals surface area contributed by atoms with Crippen molar-refractivity contribution in [3.63, 3.8) is 0 Å². The van der Waals surface area contributed by atoms with Crippen LogP contribution in [0.1, 0.15) is 15.9 Å². The van der Waals surface area contributed by atoms with Gasteiger partial charge in [0.15, 0.2) is 0 Å². The molecule has 0 saturated carbocycles. The van der Waals surface area contributed by atoms with E-state index in [-0.39, 0.29) is 11.8 Å². The number of nitrogens with zero attached hydrogens (tertiary/aromatic N) is 1. The number of rotatable bonds is 5. The second-order valence-corrected chi connectivity index (χ2v) is 4.82. The van der Waals surface area contributed by atoms with Crippen LogP contribution in [0, 0.1) is 0 Å². The van der Waals surface area contributed by atoms with Crippen molar-refractivity contribution >= 4 is 23.6 Å². The van der Waals surface area contributed by atoms with Crippen LogP contribution in [0.25, 0.3) is 0 Å². The van der Waals surface area contributed by atoms with Crippen LogP contribution in [-0.4, -0.2) is 42.8 Å². The zero-order valence-electron chi connectivity index (χ0n) is 10.9. The van der Waals surface area contributed by atoms with Crippen molar-refractivity contribution in [2.45, 2.75) is 6.54 Å². The fraction of sp³-hybridized carbons (Fsp3) is 0.385. The number of nitrogens with one attached hydrogen (secondary N) is 1. The van der Waals surface area contributed by atoms with Gasteiger partial charge in [-0.2, -0.15) is 11.8 Å². The molecule has 18 heavy (non-hydrogen) atoms. The molecule has 0 bridgehead atoms. The third-order valence-electron chi connectivity index (χ3n) is 2.56. The van der Waals surface area contributed by atoms with Crippen molar-refractivity contribution in [1.29, 1.82) is 0 Å². The van der Waals surface area contributed by atoms with E-state index in [4.69, 9.17) is 0 Å². The third kappa shape index (κ3) is 4.07. The molecular weight excluding hydrogens is 248 g/mol. The molecule has 0 saturated heterocycles. The Morgan fingerprint density at radius 2 is 1.89 bits per heavy atom. The molecule has 0 spiro atoms. The summed E-state index contributed by atoms with van der Waals surface area (Å²) < 4.78 is 0. The van der Waals surface area contributed by atoms with Gasteiger partial charge in [-0.3, -0.25) is 9.59 Å². The zero-order valence-corrected chi connectivity index (χ0v) is 11.7. The van der Waals surface area contributed by atoms with Gasteiger partial charge in [-0.05, 0) is 24.0 Å². The first-order valence-electron chi connectivity index (χ1n) is 5.62. The highest BCUT2D eigenvalue weighted by molar-refractivity contribution is 7.99. The van der Waals surface area contributed by atoms with Gasteiger partial charge in [-0.15, -0.1) is 0 Å².